The van der Waals surface area contributed by atoms with E-state index in [1.54, 1.807) is 18.4 Å². The van der Waals surface area contributed by atoms with E-state index >= 15 is 0 Å². The second kappa shape index (κ2) is 3.33. The first-order valence-corrected chi connectivity index (χ1v) is 4.08. The normalized spacial score (nSPS) is 12.9. The molecule has 0 spiro atoms. The Bertz CT molecular complexity index is 436. The minimum atomic E-state index is -1.19. The van der Waals surface area contributed by atoms with E-state index in [1.807, 2.05) is 6.08 Å². The average molecular weight is 187 g/mol. The Morgan fingerprint density at radius 1 is 1.43 bits per heavy atom. The van der Waals surface area contributed by atoms with Crippen molar-refractivity contribution in [2.75, 3.05) is 5.43 Å². The molecule has 1 aromatic carbocycles. The Balaban J connectivity index is 2.49. The van der Waals surface area contributed by atoms with Crippen LogP contribution >= 0.6 is 0 Å². The topological polar surface area (TPSA) is 64.5 Å². The molecule has 4 nitrogen and oxygen atoms in total. The molecular weight excluding hydrogens is 180 g/mol. The fourth-order valence-corrected chi connectivity index (χ4v) is 1.22. The molecular formula is C10H7N2O2-. The summed E-state index contributed by atoms with van der Waals surface area (Å²) < 4.78 is 0. The maximum atomic E-state index is 10.6. The molecule has 1 aliphatic heterocycles. The lowest BCUT2D eigenvalue weighted by atomic mass is 10.1. The lowest BCUT2D eigenvalue weighted by Crippen LogP contribution is -2.22. The van der Waals surface area contributed by atoms with Crippen molar-refractivity contribution in [2.45, 2.75) is 0 Å². The molecule has 0 aliphatic carbocycles. The Morgan fingerprint density at radius 3 is 3.07 bits per heavy atom. The number of nitrogens with one attached hydrogen (secondary N) is 1. The lowest BCUT2D eigenvalue weighted by molar-refractivity contribution is -0.255. The van der Waals surface area contributed by atoms with E-state index in [0.29, 0.717) is 5.69 Å². The predicted octanol–water partition coefficient (Wildman–Crippen LogP) is 0.475. The van der Waals surface area contributed by atoms with Crippen molar-refractivity contribution in [3.8, 4) is 0 Å². The number of hydrogen-bond acceptors (Lipinski definition) is 4. The van der Waals surface area contributed by atoms with Gasteiger partial charge in [0.1, 0.15) is 0 Å². The smallest absolute Gasteiger partial charge is 0.0716 e. The van der Waals surface area contributed by atoms with E-state index in [0.717, 1.165) is 5.56 Å². The number of allylic oxidation sites excluding steroid dienone is 1. The van der Waals surface area contributed by atoms with E-state index in [1.165, 1.54) is 12.1 Å². The summed E-state index contributed by atoms with van der Waals surface area (Å²) in [6.07, 6.45) is 5.22. The highest BCUT2D eigenvalue weighted by atomic mass is 16.4. The number of hydrazone groups is 1. The molecule has 0 aromatic heterocycles. The molecule has 14 heavy (non-hydrogen) atoms. The van der Waals surface area contributed by atoms with Gasteiger partial charge in [0.2, 0.25) is 0 Å². The van der Waals surface area contributed by atoms with Crippen LogP contribution in [-0.4, -0.2) is 12.2 Å². The van der Waals surface area contributed by atoms with E-state index in [-0.39, 0.29) is 5.56 Å². The first-order valence-electron chi connectivity index (χ1n) is 4.08. The van der Waals surface area contributed by atoms with Gasteiger partial charge in [-0.3, -0.25) is 5.43 Å². The van der Waals surface area contributed by atoms with E-state index < -0.39 is 5.97 Å². The Labute approximate surface area is 80.6 Å². The summed E-state index contributed by atoms with van der Waals surface area (Å²) in [5.74, 6) is -1.19. The Hall–Kier alpha value is -2.10. The number of carbonyl (C=O) groups excluding carboxylic acids is 1. The van der Waals surface area contributed by atoms with Crippen LogP contribution in [0.5, 0.6) is 0 Å². The number of nitrogens with zero attached hydrogens (tertiary/aromatic N) is 1. The van der Waals surface area contributed by atoms with Gasteiger partial charge in [-0.25, -0.2) is 0 Å². The van der Waals surface area contributed by atoms with Gasteiger partial charge in [-0.1, -0.05) is 18.2 Å². The van der Waals surface area contributed by atoms with Crippen LogP contribution in [0.4, 0.5) is 5.69 Å². The highest BCUT2D eigenvalue weighted by Gasteiger charge is 2.02. The zero-order chi connectivity index (χ0) is 9.97. The minimum Gasteiger partial charge on any atom is -0.545 e. The summed E-state index contributed by atoms with van der Waals surface area (Å²) in [6.45, 7) is 0. The third-order valence-electron chi connectivity index (χ3n) is 1.91. The number of fused-ring (bicyclic) bond motifs is 1. The van der Waals surface area contributed by atoms with Gasteiger partial charge < -0.3 is 9.90 Å². The second-order valence-corrected chi connectivity index (χ2v) is 2.84. The highest BCUT2D eigenvalue weighted by Crippen LogP contribution is 2.20. The summed E-state index contributed by atoms with van der Waals surface area (Å²) in [5.41, 5.74) is 4.44. The fourth-order valence-electron chi connectivity index (χ4n) is 1.22. The summed E-state index contributed by atoms with van der Waals surface area (Å²) >= 11 is 0. The molecule has 0 unspecified atom stereocenters. The van der Waals surface area contributed by atoms with Crippen LogP contribution in [0.3, 0.4) is 0 Å². The van der Waals surface area contributed by atoms with Crippen LogP contribution in [0.15, 0.2) is 29.4 Å². The number of carbonyl (C=O) groups is 1. The van der Waals surface area contributed by atoms with Crippen molar-refractivity contribution in [1.29, 1.82) is 0 Å². The van der Waals surface area contributed by atoms with Crippen molar-refractivity contribution in [1.82, 2.24) is 0 Å². The second-order valence-electron chi connectivity index (χ2n) is 2.84. The number of carboxylic acids is 1. The van der Waals surface area contributed by atoms with Crippen LogP contribution in [0.1, 0.15) is 15.9 Å². The van der Waals surface area contributed by atoms with Gasteiger partial charge >= 0.3 is 0 Å². The summed E-state index contributed by atoms with van der Waals surface area (Å²) in [6, 6.07) is 4.71. The molecule has 0 fully saturated rings. The molecule has 4 heteroatoms. The van der Waals surface area contributed by atoms with Crippen molar-refractivity contribution in [3.05, 3.63) is 35.4 Å². The van der Waals surface area contributed by atoms with Crippen molar-refractivity contribution in [3.63, 3.8) is 0 Å². The van der Waals surface area contributed by atoms with Gasteiger partial charge in [0, 0.05) is 6.21 Å². The standard InChI is InChI=1S/C10H8N2O2/c13-10(14)8-4-3-7-2-1-5-11-12-9(7)6-8/h1-6,12H,(H,13,14)/p-1. The van der Waals surface area contributed by atoms with E-state index in [4.69, 9.17) is 0 Å². The summed E-state index contributed by atoms with van der Waals surface area (Å²) in [4.78, 5) is 10.6. The van der Waals surface area contributed by atoms with Crippen LogP contribution in [0.2, 0.25) is 0 Å². The predicted molar refractivity (Wildman–Crippen MR) is 51.9 cm³/mol. The average Bonchev–Trinajstić information content (AvgIpc) is 2.41. The van der Waals surface area contributed by atoms with Crippen molar-refractivity contribution >= 4 is 23.9 Å². The Morgan fingerprint density at radius 2 is 2.29 bits per heavy atom. The molecule has 1 heterocycles. The number of carboxylic acid groups (broad SMARTS) is 1. The monoisotopic (exact) mass is 187 g/mol. The quantitative estimate of drug-likeness (QED) is 0.695. The number of hydrogen-bond donors (Lipinski definition) is 1. The third kappa shape index (κ3) is 1.50. The Kier molecular flexibility index (Phi) is 2.02. The molecule has 0 bridgehead atoms. The van der Waals surface area contributed by atoms with Crippen LogP contribution < -0.4 is 10.5 Å². The minimum absolute atomic E-state index is 0.141. The van der Waals surface area contributed by atoms with Crippen molar-refractivity contribution < 1.29 is 9.90 Å². The molecule has 1 aliphatic rings. The van der Waals surface area contributed by atoms with Crippen LogP contribution in [0, 0.1) is 0 Å². The van der Waals surface area contributed by atoms with Gasteiger partial charge in [-0.05, 0) is 23.3 Å². The number of aromatic carboxylic acids is 1. The highest BCUT2D eigenvalue weighted by molar-refractivity contribution is 5.90. The molecule has 1 aromatic rings. The SMILES string of the molecule is O=C([O-])c1ccc2c(c1)NN=CC=C2. The molecule has 0 atom stereocenters. The van der Waals surface area contributed by atoms with Crippen LogP contribution in [0.25, 0.3) is 6.08 Å². The molecule has 70 valence electrons. The van der Waals surface area contributed by atoms with Crippen molar-refractivity contribution in [2.24, 2.45) is 5.10 Å². The maximum absolute atomic E-state index is 10.6. The van der Waals surface area contributed by atoms with Gasteiger partial charge in [-0.2, -0.15) is 5.10 Å². The van der Waals surface area contributed by atoms with E-state index in [9.17, 15) is 9.90 Å². The zero-order valence-electron chi connectivity index (χ0n) is 7.23. The van der Waals surface area contributed by atoms with Gasteiger partial charge in [0.15, 0.2) is 0 Å². The fraction of sp³-hybridized carbons (Fsp3) is 0. The first kappa shape index (κ1) is 8.50. The number of benzene rings is 1. The number of anilines is 1. The van der Waals surface area contributed by atoms with Gasteiger partial charge in [-0.15, -0.1) is 0 Å². The maximum Gasteiger partial charge on any atom is 0.0716 e. The van der Waals surface area contributed by atoms with Crippen LogP contribution in [-0.2, 0) is 0 Å². The van der Waals surface area contributed by atoms with Gasteiger partial charge in [0.05, 0.1) is 11.7 Å². The largest absolute Gasteiger partial charge is 0.545 e. The number of rotatable bonds is 1. The van der Waals surface area contributed by atoms with Gasteiger partial charge in [0.25, 0.3) is 0 Å². The van der Waals surface area contributed by atoms with E-state index in [2.05, 4.69) is 10.5 Å². The molecule has 1 N–H and O–H groups in total. The molecule has 0 radical (unpaired) electrons. The lowest BCUT2D eigenvalue weighted by Gasteiger charge is -2.07. The molecule has 0 saturated heterocycles. The molecule has 0 saturated carbocycles. The molecule has 2 rings (SSSR count). The first-order chi connectivity index (χ1) is 6.77. The molecule has 0 amide bonds. The summed E-state index contributed by atoms with van der Waals surface area (Å²) in [7, 11) is 0. The zero-order valence-corrected chi connectivity index (χ0v) is 7.23. The third-order valence-corrected chi connectivity index (χ3v) is 1.91. The summed E-state index contributed by atoms with van der Waals surface area (Å²) in [5, 5.41) is 14.4.